The first-order valence-corrected chi connectivity index (χ1v) is 8.64. The van der Waals surface area contributed by atoms with Crippen LogP contribution in [0.3, 0.4) is 0 Å². The van der Waals surface area contributed by atoms with E-state index < -0.39 is 0 Å². The molecule has 0 atom stereocenters. The largest absolute Gasteiger partial charge is 0.497 e. The molecule has 0 aliphatic rings. The molecule has 0 unspecified atom stereocenters. The van der Waals surface area contributed by atoms with Gasteiger partial charge in [0, 0.05) is 17.1 Å². The number of hydrogen-bond donors (Lipinski definition) is 2. The summed E-state index contributed by atoms with van der Waals surface area (Å²) in [5.74, 6) is 1.57. The normalized spacial score (nSPS) is 10.2. The zero-order valence-electron chi connectivity index (χ0n) is 12.8. The molecular weight excluding hydrogens is 331 g/mol. The van der Waals surface area contributed by atoms with Crippen LogP contribution >= 0.6 is 24.0 Å². The van der Waals surface area contributed by atoms with Crippen molar-refractivity contribution in [2.24, 2.45) is 0 Å². The number of nitrogens with one attached hydrogen (secondary N) is 2. The van der Waals surface area contributed by atoms with E-state index in [1.165, 1.54) is 17.0 Å². The second-order valence-corrected chi connectivity index (χ2v) is 6.35. The Bertz CT molecular complexity index is 635. The van der Waals surface area contributed by atoms with Gasteiger partial charge in [-0.15, -0.1) is 11.8 Å². The summed E-state index contributed by atoms with van der Waals surface area (Å²) in [4.78, 5) is 1.21. The Morgan fingerprint density at radius 1 is 1.22 bits per heavy atom. The van der Waals surface area contributed by atoms with Gasteiger partial charge in [0.25, 0.3) is 0 Å². The highest BCUT2D eigenvalue weighted by Crippen LogP contribution is 2.21. The zero-order valence-corrected chi connectivity index (χ0v) is 14.5. The van der Waals surface area contributed by atoms with Crippen molar-refractivity contribution in [3.8, 4) is 5.75 Å². The van der Waals surface area contributed by atoms with Gasteiger partial charge in [-0.2, -0.15) is 0 Å². The average molecular weight is 350 g/mol. The summed E-state index contributed by atoms with van der Waals surface area (Å²) in [6.45, 7) is 0.768. The summed E-state index contributed by atoms with van der Waals surface area (Å²) >= 11 is 6.97. The van der Waals surface area contributed by atoms with Gasteiger partial charge < -0.3 is 15.4 Å². The summed E-state index contributed by atoms with van der Waals surface area (Å²) in [5.41, 5.74) is 0.648. The van der Waals surface area contributed by atoms with Crippen LogP contribution in [-0.4, -0.2) is 24.5 Å². The molecule has 0 fully saturated rings. The minimum absolute atomic E-state index is 0.284. The van der Waals surface area contributed by atoms with Gasteiger partial charge >= 0.3 is 0 Å². The molecule has 0 aromatic heterocycles. The number of hydrogen-bond acceptors (Lipinski definition) is 3. The molecule has 23 heavy (non-hydrogen) atoms. The van der Waals surface area contributed by atoms with Crippen molar-refractivity contribution in [3.63, 3.8) is 0 Å². The summed E-state index contributed by atoms with van der Waals surface area (Å²) in [5, 5.41) is 6.59. The van der Waals surface area contributed by atoms with Crippen molar-refractivity contribution >= 4 is 34.8 Å². The molecule has 122 valence electrons. The van der Waals surface area contributed by atoms with Gasteiger partial charge in [-0.3, -0.25) is 0 Å². The molecule has 0 bridgehead atoms. The average Bonchev–Trinajstić information content (AvgIpc) is 2.55. The summed E-state index contributed by atoms with van der Waals surface area (Å²) in [6.07, 6.45) is 0.974. The SMILES string of the molecule is COc1ccc(SCCCNC(=S)Nc2cccc(F)c2)cc1. The van der Waals surface area contributed by atoms with E-state index in [0.717, 1.165) is 24.5 Å². The van der Waals surface area contributed by atoms with Crippen molar-refractivity contribution in [2.45, 2.75) is 11.3 Å². The first kappa shape index (κ1) is 17.6. The van der Waals surface area contributed by atoms with Gasteiger partial charge in [0.2, 0.25) is 0 Å². The predicted molar refractivity (Wildman–Crippen MR) is 99.0 cm³/mol. The maximum atomic E-state index is 13.1. The standard InChI is InChI=1S/C17H19FN2OS2/c1-21-15-6-8-16(9-7-15)23-11-3-10-19-17(22)20-14-5-2-4-13(18)12-14/h2,4-9,12H,3,10-11H2,1H3,(H2,19,20,22). The van der Waals surface area contributed by atoms with E-state index in [9.17, 15) is 4.39 Å². The Kier molecular flexibility index (Phi) is 7.16. The Balaban J connectivity index is 1.62. The molecule has 0 saturated carbocycles. The third-order valence-corrected chi connectivity index (χ3v) is 4.36. The summed E-state index contributed by atoms with van der Waals surface area (Å²) in [6, 6.07) is 14.2. The third kappa shape index (κ3) is 6.46. The van der Waals surface area contributed by atoms with Crippen LogP contribution in [0.15, 0.2) is 53.4 Å². The Morgan fingerprint density at radius 3 is 2.70 bits per heavy atom. The second-order valence-electron chi connectivity index (χ2n) is 4.77. The molecule has 3 nitrogen and oxygen atoms in total. The number of ether oxygens (including phenoxy) is 1. The fraction of sp³-hybridized carbons (Fsp3) is 0.235. The van der Waals surface area contributed by atoms with Gasteiger partial charge in [-0.05, 0) is 66.9 Å². The van der Waals surface area contributed by atoms with Crippen molar-refractivity contribution in [1.29, 1.82) is 0 Å². The van der Waals surface area contributed by atoms with Crippen LogP contribution in [0.5, 0.6) is 5.75 Å². The number of thiocarbonyl (C=S) groups is 1. The summed E-state index contributed by atoms with van der Waals surface area (Å²) in [7, 11) is 1.66. The quantitative estimate of drug-likeness (QED) is 0.442. The van der Waals surface area contributed by atoms with Crippen LogP contribution in [0, 0.1) is 5.82 Å². The van der Waals surface area contributed by atoms with E-state index in [1.807, 2.05) is 24.3 Å². The molecule has 2 aromatic carbocycles. The lowest BCUT2D eigenvalue weighted by atomic mass is 10.3. The molecule has 2 rings (SSSR count). The van der Waals surface area contributed by atoms with E-state index in [-0.39, 0.29) is 5.82 Å². The van der Waals surface area contributed by atoms with Crippen LogP contribution in [0.25, 0.3) is 0 Å². The number of rotatable bonds is 7. The Hall–Kier alpha value is -1.79. The molecule has 0 spiro atoms. The van der Waals surface area contributed by atoms with Gasteiger partial charge in [0.15, 0.2) is 5.11 Å². The fourth-order valence-electron chi connectivity index (χ4n) is 1.88. The lowest BCUT2D eigenvalue weighted by molar-refractivity contribution is 0.414. The van der Waals surface area contributed by atoms with Crippen molar-refractivity contribution in [3.05, 3.63) is 54.3 Å². The van der Waals surface area contributed by atoms with E-state index in [0.29, 0.717) is 10.8 Å². The van der Waals surface area contributed by atoms with Gasteiger partial charge in [0.1, 0.15) is 11.6 Å². The van der Waals surface area contributed by atoms with Crippen molar-refractivity contribution in [1.82, 2.24) is 5.32 Å². The third-order valence-electron chi connectivity index (χ3n) is 3.02. The molecule has 2 aromatic rings. The first-order valence-electron chi connectivity index (χ1n) is 7.24. The molecule has 0 aliphatic heterocycles. The van der Waals surface area contributed by atoms with Gasteiger partial charge in [-0.1, -0.05) is 6.07 Å². The predicted octanol–water partition coefficient (Wildman–Crippen LogP) is 4.30. The van der Waals surface area contributed by atoms with E-state index in [1.54, 1.807) is 31.0 Å². The summed E-state index contributed by atoms with van der Waals surface area (Å²) < 4.78 is 18.2. The maximum Gasteiger partial charge on any atom is 0.170 e. The minimum atomic E-state index is -0.284. The Labute approximate surface area is 145 Å². The fourth-order valence-corrected chi connectivity index (χ4v) is 2.95. The number of methoxy groups -OCH3 is 1. The molecule has 6 heteroatoms. The molecule has 0 heterocycles. The molecule has 0 radical (unpaired) electrons. The number of halogens is 1. The monoisotopic (exact) mass is 350 g/mol. The highest BCUT2D eigenvalue weighted by Gasteiger charge is 1.99. The smallest absolute Gasteiger partial charge is 0.170 e. The van der Waals surface area contributed by atoms with Crippen LogP contribution in [-0.2, 0) is 0 Å². The van der Waals surface area contributed by atoms with Crippen LogP contribution in [0.1, 0.15) is 6.42 Å². The number of thioether (sulfide) groups is 1. The van der Waals surface area contributed by atoms with Crippen LogP contribution < -0.4 is 15.4 Å². The highest BCUT2D eigenvalue weighted by molar-refractivity contribution is 7.99. The molecule has 2 N–H and O–H groups in total. The first-order chi connectivity index (χ1) is 11.2. The molecular formula is C17H19FN2OS2. The van der Waals surface area contributed by atoms with Gasteiger partial charge in [0.05, 0.1) is 7.11 Å². The van der Waals surface area contributed by atoms with Crippen LogP contribution in [0.2, 0.25) is 0 Å². The second kappa shape index (κ2) is 9.37. The van der Waals surface area contributed by atoms with E-state index >= 15 is 0 Å². The lowest BCUT2D eigenvalue weighted by Crippen LogP contribution is -2.29. The van der Waals surface area contributed by atoms with E-state index in [4.69, 9.17) is 17.0 Å². The van der Waals surface area contributed by atoms with Crippen molar-refractivity contribution < 1.29 is 9.13 Å². The number of anilines is 1. The minimum Gasteiger partial charge on any atom is -0.497 e. The van der Waals surface area contributed by atoms with Crippen LogP contribution in [0.4, 0.5) is 10.1 Å². The number of benzene rings is 2. The van der Waals surface area contributed by atoms with Gasteiger partial charge in [-0.25, -0.2) is 4.39 Å². The zero-order chi connectivity index (χ0) is 16.5. The topological polar surface area (TPSA) is 33.3 Å². The molecule has 0 aliphatic carbocycles. The lowest BCUT2D eigenvalue weighted by Gasteiger charge is -2.10. The maximum absolute atomic E-state index is 13.1. The Morgan fingerprint density at radius 2 is 2.00 bits per heavy atom. The van der Waals surface area contributed by atoms with E-state index in [2.05, 4.69) is 10.6 Å². The van der Waals surface area contributed by atoms with Crippen molar-refractivity contribution in [2.75, 3.05) is 24.7 Å². The highest BCUT2D eigenvalue weighted by atomic mass is 32.2. The molecule has 0 amide bonds. The molecule has 0 saturated heterocycles.